The van der Waals surface area contributed by atoms with E-state index < -0.39 is 0 Å². The molecule has 2 atom stereocenters. The van der Waals surface area contributed by atoms with E-state index in [1.54, 1.807) is 12.4 Å². The van der Waals surface area contributed by atoms with Gasteiger partial charge in [0.2, 0.25) is 5.91 Å². The average Bonchev–Trinajstić information content (AvgIpc) is 3.18. The van der Waals surface area contributed by atoms with Gasteiger partial charge in [0, 0.05) is 42.8 Å². The van der Waals surface area contributed by atoms with Crippen molar-refractivity contribution < 1.29 is 4.79 Å². The van der Waals surface area contributed by atoms with E-state index >= 15 is 0 Å². The molecule has 9 heteroatoms. The second kappa shape index (κ2) is 9.83. The van der Waals surface area contributed by atoms with Crippen LogP contribution in [0, 0.1) is 0 Å². The molecule has 2 N–H and O–H groups in total. The molecule has 3 heterocycles. The number of hydrogen-bond donors (Lipinski definition) is 2. The number of amides is 1. The van der Waals surface area contributed by atoms with Crippen molar-refractivity contribution in [3.05, 3.63) is 35.9 Å². The lowest BCUT2D eigenvalue weighted by Crippen LogP contribution is -2.47. The first-order valence-corrected chi connectivity index (χ1v) is 11.5. The standard InChI is InChI=1S/C23H30ClN7O/c1-4-31(17-7-5-6-16(12-17)28-21(32)14-30(2)3)20-11-15(10-19(24)29-20)18-13-27-23-22(18)25-8-9-26-23/h8-11,13,16-17H,4-7,12,14H2,1-3H3,(H,26,27)(H,28,32). The fourth-order valence-corrected chi connectivity index (χ4v) is 4.81. The number of pyridine rings is 1. The number of carbonyl (C=O) groups excluding carboxylic acids is 1. The quantitative estimate of drug-likeness (QED) is 0.530. The summed E-state index contributed by atoms with van der Waals surface area (Å²) >= 11 is 6.46. The number of rotatable bonds is 7. The number of nitrogens with zero attached hydrogens (tertiary/aromatic N) is 5. The van der Waals surface area contributed by atoms with Crippen molar-refractivity contribution in [1.29, 1.82) is 0 Å². The number of halogens is 1. The Kier molecular flexibility index (Phi) is 6.91. The van der Waals surface area contributed by atoms with Crippen LogP contribution in [0.3, 0.4) is 0 Å². The summed E-state index contributed by atoms with van der Waals surface area (Å²) in [7, 11) is 3.81. The summed E-state index contributed by atoms with van der Waals surface area (Å²) in [6.45, 7) is 3.35. The van der Waals surface area contributed by atoms with E-state index in [-0.39, 0.29) is 11.9 Å². The lowest BCUT2D eigenvalue weighted by atomic mass is 9.89. The SMILES string of the molecule is CCN(c1cc(-c2c[nH]c3nccnc23)cc(Cl)n1)C1CCCC(NC(=O)CN(C)C)C1. The molecule has 0 radical (unpaired) electrons. The van der Waals surface area contributed by atoms with Crippen LogP contribution in [0.25, 0.3) is 22.3 Å². The first kappa shape index (κ1) is 22.5. The highest BCUT2D eigenvalue weighted by atomic mass is 35.5. The van der Waals surface area contributed by atoms with E-state index in [9.17, 15) is 4.79 Å². The third-order valence-electron chi connectivity index (χ3n) is 5.95. The number of carbonyl (C=O) groups is 1. The van der Waals surface area contributed by atoms with E-state index in [0.29, 0.717) is 17.7 Å². The first-order valence-electron chi connectivity index (χ1n) is 11.1. The van der Waals surface area contributed by atoms with Gasteiger partial charge in [-0.15, -0.1) is 0 Å². The van der Waals surface area contributed by atoms with Gasteiger partial charge in [-0.05, 0) is 64.4 Å². The van der Waals surface area contributed by atoms with Crippen LogP contribution in [-0.2, 0) is 4.79 Å². The Morgan fingerprint density at radius 2 is 2.06 bits per heavy atom. The highest BCUT2D eigenvalue weighted by molar-refractivity contribution is 6.29. The molecule has 2 unspecified atom stereocenters. The van der Waals surface area contributed by atoms with Gasteiger partial charge in [0.05, 0.1) is 6.54 Å². The Hall–Kier alpha value is -2.71. The van der Waals surface area contributed by atoms with Crippen LogP contribution >= 0.6 is 11.6 Å². The second-order valence-electron chi connectivity index (χ2n) is 8.60. The smallest absolute Gasteiger partial charge is 0.234 e. The van der Waals surface area contributed by atoms with E-state index in [0.717, 1.165) is 60.3 Å². The number of fused-ring (bicyclic) bond motifs is 1. The van der Waals surface area contributed by atoms with Crippen LogP contribution in [0.2, 0.25) is 5.15 Å². The highest BCUT2D eigenvalue weighted by Gasteiger charge is 2.28. The van der Waals surface area contributed by atoms with Gasteiger partial charge < -0.3 is 20.1 Å². The Morgan fingerprint density at radius 3 is 2.84 bits per heavy atom. The molecule has 0 aromatic carbocycles. The lowest BCUT2D eigenvalue weighted by molar-refractivity contribution is -0.122. The molecule has 0 saturated heterocycles. The maximum atomic E-state index is 12.3. The molecule has 1 amide bonds. The fourth-order valence-electron chi connectivity index (χ4n) is 4.60. The fraction of sp³-hybridized carbons (Fsp3) is 0.478. The molecule has 1 fully saturated rings. The average molecular weight is 456 g/mol. The molecular weight excluding hydrogens is 426 g/mol. The highest BCUT2D eigenvalue weighted by Crippen LogP contribution is 2.33. The maximum absolute atomic E-state index is 12.3. The Labute approximate surface area is 193 Å². The molecule has 170 valence electrons. The van der Waals surface area contributed by atoms with Gasteiger partial charge in [0.15, 0.2) is 5.65 Å². The van der Waals surface area contributed by atoms with Crippen LogP contribution in [0.4, 0.5) is 5.82 Å². The summed E-state index contributed by atoms with van der Waals surface area (Å²) < 4.78 is 0. The summed E-state index contributed by atoms with van der Waals surface area (Å²) in [5.41, 5.74) is 3.46. The Bertz CT molecular complexity index is 1080. The minimum absolute atomic E-state index is 0.0762. The van der Waals surface area contributed by atoms with E-state index in [4.69, 9.17) is 11.6 Å². The molecule has 32 heavy (non-hydrogen) atoms. The number of hydrogen-bond acceptors (Lipinski definition) is 6. The summed E-state index contributed by atoms with van der Waals surface area (Å²) in [6, 6.07) is 4.40. The zero-order valence-corrected chi connectivity index (χ0v) is 19.6. The maximum Gasteiger partial charge on any atom is 0.234 e. The van der Waals surface area contributed by atoms with Crippen molar-refractivity contribution in [2.45, 2.75) is 44.7 Å². The van der Waals surface area contributed by atoms with Gasteiger partial charge >= 0.3 is 0 Å². The summed E-state index contributed by atoms with van der Waals surface area (Å²) in [6.07, 6.45) is 9.31. The molecule has 1 saturated carbocycles. The molecule has 1 aliphatic carbocycles. The number of aromatic amines is 1. The molecule has 4 rings (SSSR count). The lowest BCUT2D eigenvalue weighted by Gasteiger charge is -2.38. The third-order valence-corrected chi connectivity index (χ3v) is 6.14. The molecule has 3 aromatic rings. The van der Waals surface area contributed by atoms with Crippen molar-refractivity contribution in [2.75, 3.05) is 32.1 Å². The summed E-state index contributed by atoms with van der Waals surface area (Å²) in [5.74, 6) is 0.922. The molecule has 0 bridgehead atoms. The zero-order valence-electron chi connectivity index (χ0n) is 18.8. The van der Waals surface area contributed by atoms with Gasteiger partial charge in [-0.25, -0.2) is 9.97 Å². The number of aromatic nitrogens is 4. The number of H-pyrrole nitrogens is 1. The van der Waals surface area contributed by atoms with Crippen LogP contribution < -0.4 is 10.2 Å². The molecule has 0 spiro atoms. The largest absolute Gasteiger partial charge is 0.354 e. The van der Waals surface area contributed by atoms with Gasteiger partial charge in [-0.1, -0.05) is 11.6 Å². The number of likely N-dealkylation sites (N-methyl/N-ethyl adjacent to an activating group) is 1. The van der Waals surface area contributed by atoms with Crippen LogP contribution in [0.5, 0.6) is 0 Å². The van der Waals surface area contributed by atoms with Crippen molar-refractivity contribution in [1.82, 2.24) is 30.2 Å². The number of anilines is 1. The van der Waals surface area contributed by atoms with Gasteiger partial charge in [-0.2, -0.15) is 0 Å². The monoisotopic (exact) mass is 455 g/mol. The van der Waals surface area contributed by atoms with Gasteiger partial charge in [-0.3, -0.25) is 9.78 Å². The second-order valence-corrected chi connectivity index (χ2v) is 8.99. The van der Waals surface area contributed by atoms with Crippen LogP contribution in [-0.4, -0.2) is 70.0 Å². The molecule has 8 nitrogen and oxygen atoms in total. The molecule has 1 aliphatic rings. The Morgan fingerprint density at radius 1 is 1.25 bits per heavy atom. The normalized spacial score (nSPS) is 18.8. The zero-order chi connectivity index (χ0) is 22.7. The third kappa shape index (κ3) is 5.02. The first-order chi connectivity index (χ1) is 15.4. The van der Waals surface area contributed by atoms with Crippen molar-refractivity contribution >= 4 is 34.5 Å². The van der Waals surface area contributed by atoms with Crippen LogP contribution in [0.15, 0.2) is 30.7 Å². The van der Waals surface area contributed by atoms with Crippen molar-refractivity contribution in [3.8, 4) is 11.1 Å². The van der Waals surface area contributed by atoms with Crippen LogP contribution in [0.1, 0.15) is 32.6 Å². The van der Waals surface area contributed by atoms with Gasteiger partial charge in [0.1, 0.15) is 16.5 Å². The molecule has 0 aliphatic heterocycles. The van der Waals surface area contributed by atoms with Gasteiger partial charge in [0.25, 0.3) is 0 Å². The molecule has 3 aromatic heterocycles. The predicted octanol–water partition coefficient (Wildman–Crippen LogP) is 3.49. The van der Waals surface area contributed by atoms with E-state index in [1.165, 1.54) is 0 Å². The number of nitrogens with one attached hydrogen (secondary N) is 2. The Balaban J connectivity index is 1.57. The minimum Gasteiger partial charge on any atom is -0.354 e. The summed E-state index contributed by atoms with van der Waals surface area (Å²) in [4.78, 5) is 33.1. The van der Waals surface area contributed by atoms with E-state index in [1.807, 2.05) is 31.3 Å². The summed E-state index contributed by atoms with van der Waals surface area (Å²) in [5, 5.41) is 3.65. The van der Waals surface area contributed by atoms with E-state index in [2.05, 4.69) is 43.1 Å². The van der Waals surface area contributed by atoms with Crippen molar-refractivity contribution in [3.63, 3.8) is 0 Å². The molecular formula is C23H30ClN7O. The topological polar surface area (TPSA) is 90.0 Å². The van der Waals surface area contributed by atoms with Crippen molar-refractivity contribution in [2.24, 2.45) is 0 Å². The predicted molar refractivity (Wildman–Crippen MR) is 128 cm³/mol. The minimum atomic E-state index is 0.0762.